The van der Waals surface area contributed by atoms with Gasteiger partial charge in [-0.2, -0.15) is 4.31 Å². The summed E-state index contributed by atoms with van der Waals surface area (Å²) in [5, 5.41) is 0. The smallest absolute Gasteiger partial charge is 0.245 e. The summed E-state index contributed by atoms with van der Waals surface area (Å²) < 4.78 is 32.0. The first kappa shape index (κ1) is 13.5. The Bertz CT molecular complexity index is 487. The summed E-state index contributed by atoms with van der Waals surface area (Å²) in [7, 11) is -3.51. The average Bonchev–Trinajstić information content (AvgIpc) is 2.73. The molecule has 2 rings (SSSR count). The van der Waals surface area contributed by atoms with Crippen molar-refractivity contribution >= 4 is 10.0 Å². The highest BCUT2D eigenvalue weighted by Crippen LogP contribution is 2.27. The van der Waals surface area contributed by atoms with Gasteiger partial charge in [0, 0.05) is 12.5 Å². The fraction of sp³-hybridized carbons (Fsp3) is 0.500. The quantitative estimate of drug-likeness (QED) is 0.877. The minimum Gasteiger partial charge on any atom is -0.360 e. The minimum absolute atomic E-state index is 0.160. The molecule has 0 spiro atoms. The van der Waals surface area contributed by atoms with E-state index in [-0.39, 0.29) is 6.04 Å². The van der Waals surface area contributed by atoms with Gasteiger partial charge in [-0.3, -0.25) is 0 Å². The lowest BCUT2D eigenvalue weighted by Crippen LogP contribution is -2.41. The van der Waals surface area contributed by atoms with Crippen molar-refractivity contribution in [3.05, 3.63) is 30.3 Å². The third-order valence-electron chi connectivity index (χ3n) is 2.98. The Morgan fingerprint density at radius 3 is 2.67 bits per heavy atom. The molecule has 2 N–H and O–H groups in total. The molecule has 0 saturated carbocycles. The molecule has 1 fully saturated rings. The molecule has 0 radical (unpaired) electrons. The van der Waals surface area contributed by atoms with Crippen molar-refractivity contribution < 1.29 is 13.2 Å². The molecule has 2 atom stereocenters. The van der Waals surface area contributed by atoms with Gasteiger partial charge in [0.2, 0.25) is 10.0 Å². The summed E-state index contributed by atoms with van der Waals surface area (Å²) in [5.74, 6) is 0. The van der Waals surface area contributed by atoms with Crippen LogP contribution in [0.25, 0.3) is 0 Å². The number of nitrogens with zero attached hydrogens (tertiary/aromatic N) is 1. The number of nitrogens with two attached hydrogens (primary N) is 1. The van der Waals surface area contributed by atoms with Crippen LogP contribution in [-0.2, 0) is 14.8 Å². The first-order valence-corrected chi connectivity index (χ1v) is 7.41. The molecule has 1 heterocycles. The second-order valence-electron chi connectivity index (χ2n) is 4.36. The summed E-state index contributed by atoms with van der Waals surface area (Å²) in [6.07, 6.45) is 0.0614. The Hall–Kier alpha value is -0.950. The van der Waals surface area contributed by atoms with Gasteiger partial charge in [-0.05, 0) is 25.6 Å². The van der Waals surface area contributed by atoms with Crippen LogP contribution in [0.15, 0.2) is 35.2 Å². The van der Waals surface area contributed by atoms with Crippen LogP contribution in [0, 0.1) is 0 Å². The third-order valence-corrected chi connectivity index (χ3v) is 5.00. The maximum atomic E-state index is 12.5. The van der Waals surface area contributed by atoms with Gasteiger partial charge in [-0.1, -0.05) is 18.2 Å². The molecule has 1 aliphatic rings. The molecule has 1 aromatic carbocycles. The van der Waals surface area contributed by atoms with E-state index in [4.69, 9.17) is 10.5 Å². The van der Waals surface area contributed by atoms with Crippen molar-refractivity contribution in [3.63, 3.8) is 0 Å². The van der Waals surface area contributed by atoms with E-state index >= 15 is 0 Å². The Morgan fingerprint density at radius 1 is 1.39 bits per heavy atom. The van der Waals surface area contributed by atoms with E-state index in [9.17, 15) is 8.42 Å². The molecule has 100 valence electrons. The van der Waals surface area contributed by atoms with Gasteiger partial charge >= 0.3 is 0 Å². The fourth-order valence-electron chi connectivity index (χ4n) is 2.14. The Kier molecular flexibility index (Phi) is 4.01. The van der Waals surface area contributed by atoms with Gasteiger partial charge in [-0.25, -0.2) is 8.42 Å². The van der Waals surface area contributed by atoms with Gasteiger partial charge in [0.15, 0.2) is 0 Å². The second kappa shape index (κ2) is 5.36. The van der Waals surface area contributed by atoms with Crippen LogP contribution in [0.4, 0.5) is 0 Å². The number of benzene rings is 1. The highest BCUT2D eigenvalue weighted by molar-refractivity contribution is 7.89. The predicted octanol–water partition coefficient (Wildman–Crippen LogP) is 0.771. The first-order chi connectivity index (χ1) is 8.57. The van der Waals surface area contributed by atoms with Crippen LogP contribution in [0.1, 0.15) is 13.3 Å². The number of rotatable bonds is 4. The van der Waals surface area contributed by atoms with Crippen molar-refractivity contribution in [2.45, 2.75) is 30.5 Å². The van der Waals surface area contributed by atoms with Crippen molar-refractivity contribution in [1.82, 2.24) is 4.31 Å². The monoisotopic (exact) mass is 270 g/mol. The van der Waals surface area contributed by atoms with Crippen LogP contribution in [-0.4, -0.2) is 38.1 Å². The standard InChI is InChI=1S/C12H18N2O3S/c1-10-9-17-12(7-8-13)14(10)18(15,16)11-5-3-2-4-6-11/h2-6,10,12H,7-9,13H2,1H3/t10-,12+/m1/s1. The van der Waals surface area contributed by atoms with Crippen LogP contribution in [0.2, 0.25) is 0 Å². The summed E-state index contributed by atoms with van der Waals surface area (Å²) in [6.45, 7) is 2.66. The van der Waals surface area contributed by atoms with E-state index in [1.54, 1.807) is 30.3 Å². The highest BCUT2D eigenvalue weighted by Gasteiger charge is 2.40. The van der Waals surface area contributed by atoms with Gasteiger partial charge < -0.3 is 10.5 Å². The molecule has 0 bridgehead atoms. The molecular formula is C12H18N2O3S. The number of sulfonamides is 1. The zero-order valence-electron chi connectivity index (χ0n) is 10.3. The Balaban J connectivity index is 2.34. The maximum absolute atomic E-state index is 12.5. The molecule has 0 unspecified atom stereocenters. The summed E-state index contributed by atoms with van der Waals surface area (Å²) >= 11 is 0. The van der Waals surface area contributed by atoms with Crippen molar-refractivity contribution in [1.29, 1.82) is 0 Å². The van der Waals surface area contributed by atoms with Crippen molar-refractivity contribution in [2.24, 2.45) is 5.73 Å². The van der Waals surface area contributed by atoms with Gasteiger partial charge in [-0.15, -0.1) is 0 Å². The topological polar surface area (TPSA) is 72.6 Å². The second-order valence-corrected chi connectivity index (χ2v) is 6.21. The summed E-state index contributed by atoms with van der Waals surface area (Å²) in [5.41, 5.74) is 5.50. The molecule has 6 heteroatoms. The molecule has 1 saturated heterocycles. The van der Waals surface area contributed by atoms with E-state index in [0.717, 1.165) is 0 Å². The normalized spacial score (nSPS) is 25.4. The minimum atomic E-state index is -3.51. The van der Waals surface area contributed by atoms with E-state index in [1.807, 2.05) is 6.92 Å². The van der Waals surface area contributed by atoms with Crippen LogP contribution in [0.5, 0.6) is 0 Å². The zero-order valence-corrected chi connectivity index (χ0v) is 11.1. The molecular weight excluding hydrogens is 252 g/mol. The maximum Gasteiger partial charge on any atom is 0.245 e. The Morgan fingerprint density at radius 2 is 2.06 bits per heavy atom. The third kappa shape index (κ3) is 2.42. The van der Waals surface area contributed by atoms with E-state index < -0.39 is 16.3 Å². The largest absolute Gasteiger partial charge is 0.360 e. The molecule has 18 heavy (non-hydrogen) atoms. The SMILES string of the molecule is C[C@@H]1CO[C@@H](CCN)N1S(=O)(=O)c1ccccc1. The molecule has 1 aromatic rings. The molecule has 5 nitrogen and oxygen atoms in total. The fourth-order valence-corrected chi connectivity index (χ4v) is 3.90. The molecule has 0 amide bonds. The van der Waals surface area contributed by atoms with E-state index in [0.29, 0.717) is 24.5 Å². The van der Waals surface area contributed by atoms with Crippen molar-refractivity contribution in [2.75, 3.05) is 13.2 Å². The van der Waals surface area contributed by atoms with Crippen molar-refractivity contribution in [3.8, 4) is 0 Å². The lowest BCUT2D eigenvalue weighted by molar-refractivity contribution is 0.0634. The highest BCUT2D eigenvalue weighted by atomic mass is 32.2. The number of hydrogen-bond acceptors (Lipinski definition) is 4. The van der Waals surface area contributed by atoms with Crippen LogP contribution in [0.3, 0.4) is 0 Å². The summed E-state index contributed by atoms with van der Waals surface area (Å²) in [6, 6.07) is 8.26. The predicted molar refractivity (Wildman–Crippen MR) is 68.3 cm³/mol. The van der Waals surface area contributed by atoms with E-state index in [2.05, 4.69) is 0 Å². The lowest BCUT2D eigenvalue weighted by Gasteiger charge is -2.25. The van der Waals surface area contributed by atoms with Crippen LogP contribution < -0.4 is 5.73 Å². The Labute approximate surface area is 108 Å². The number of ether oxygens (including phenoxy) is 1. The summed E-state index contributed by atoms with van der Waals surface area (Å²) in [4.78, 5) is 0.296. The van der Waals surface area contributed by atoms with Gasteiger partial charge in [0.05, 0.1) is 11.5 Å². The molecule has 0 aromatic heterocycles. The van der Waals surface area contributed by atoms with E-state index in [1.165, 1.54) is 4.31 Å². The zero-order chi connectivity index (χ0) is 13.2. The lowest BCUT2D eigenvalue weighted by atomic mass is 10.3. The molecule has 1 aliphatic heterocycles. The van der Waals surface area contributed by atoms with Crippen LogP contribution >= 0.6 is 0 Å². The van der Waals surface area contributed by atoms with Gasteiger partial charge in [0.1, 0.15) is 6.23 Å². The van der Waals surface area contributed by atoms with Gasteiger partial charge in [0.25, 0.3) is 0 Å². The first-order valence-electron chi connectivity index (χ1n) is 5.97. The average molecular weight is 270 g/mol. The number of hydrogen-bond donors (Lipinski definition) is 1. The molecule has 0 aliphatic carbocycles.